The summed E-state index contributed by atoms with van der Waals surface area (Å²) in [6.45, 7) is 4.52. The summed E-state index contributed by atoms with van der Waals surface area (Å²) in [5.74, 6) is 1.39. The molecule has 10 heteroatoms. The largest absolute Gasteiger partial charge is 0.494 e. The van der Waals surface area contributed by atoms with Crippen molar-refractivity contribution in [2.24, 2.45) is 0 Å². The Morgan fingerprint density at radius 3 is 2.46 bits per heavy atom. The maximum atomic E-state index is 12.8. The number of hydrogen-bond donors (Lipinski definition) is 1. The fourth-order valence-electron chi connectivity index (χ4n) is 3.39. The topological polar surface area (TPSA) is 69.0 Å². The highest BCUT2D eigenvalue weighted by Crippen LogP contribution is 2.33. The van der Waals surface area contributed by atoms with Gasteiger partial charge in [-0.2, -0.15) is 0 Å². The van der Waals surface area contributed by atoms with Gasteiger partial charge in [0.15, 0.2) is 11.0 Å². The lowest BCUT2D eigenvalue weighted by atomic mass is 10.2. The van der Waals surface area contributed by atoms with E-state index in [1.165, 1.54) is 11.8 Å². The van der Waals surface area contributed by atoms with E-state index in [9.17, 15) is 4.79 Å². The molecule has 0 fully saturated rings. The average molecular weight is 637 g/mol. The Balaban J connectivity index is 1.61. The van der Waals surface area contributed by atoms with Crippen molar-refractivity contribution in [3.8, 4) is 22.8 Å². The van der Waals surface area contributed by atoms with Gasteiger partial charge in [0.25, 0.3) is 0 Å². The van der Waals surface area contributed by atoms with Gasteiger partial charge in [0.05, 0.1) is 18.0 Å². The molecule has 4 rings (SSSR count). The van der Waals surface area contributed by atoms with Gasteiger partial charge in [-0.25, -0.2) is 0 Å². The van der Waals surface area contributed by atoms with E-state index in [1.54, 1.807) is 0 Å². The van der Waals surface area contributed by atoms with E-state index in [-0.39, 0.29) is 11.7 Å². The van der Waals surface area contributed by atoms with Gasteiger partial charge in [-0.15, -0.1) is 10.2 Å². The van der Waals surface area contributed by atoms with Gasteiger partial charge in [0.1, 0.15) is 5.75 Å². The normalized spacial score (nSPS) is 10.9. The minimum atomic E-state index is -0.161. The Morgan fingerprint density at radius 1 is 1.09 bits per heavy atom. The molecule has 4 aromatic rings. The molecule has 6 nitrogen and oxygen atoms in total. The van der Waals surface area contributed by atoms with Crippen LogP contribution < -0.4 is 10.1 Å². The van der Waals surface area contributed by atoms with Crippen LogP contribution >= 0.6 is 55.2 Å². The number of nitrogens with zero attached hydrogens (tertiary/aromatic N) is 3. The lowest BCUT2D eigenvalue weighted by Gasteiger charge is -2.13. The number of nitrogens with one attached hydrogen (secondary N) is 1. The number of rotatable bonds is 8. The third kappa shape index (κ3) is 6.27. The molecule has 0 aliphatic carbocycles. The number of halogens is 3. The van der Waals surface area contributed by atoms with Crippen LogP contribution in [-0.4, -0.2) is 33.0 Å². The number of benzene rings is 3. The Bertz CT molecular complexity index is 1340. The first-order valence-electron chi connectivity index (χ1n) is 10.7. The molecule has 1 amide bonds. The summed E-state index contributed by atoms with van der Waals surface area (Å²) in [6.07, 6.45) is 0. The summed E-state index contributed by atoms with van der Waals surface area (Å²) in [5.41, 5.74) is 3.44. The molecular weight excluding hydrogens is 616 g/mol. The van der Waals surface area contributed by atoms with Crippen LogP contribution in [0, 0.1) is 6.92 Å². The molecular formula is C25H21Br2ClN4O2S. The second kappa shape index (κ2) is 11.6. The molecule has 0 aliphatic heterocycles. The van der Waals surface area contributed by atoms with Crippen LogP contribution in [-0.2, 0) is 4.79 Å². The highest BCUT2D eigenvalue weighted by molar-refractivity contribution is 9.11. The highest BCUT2D eigenvalue weighted by Gasteiger charge is 2.18. The first-order chi connectivity index (χ1) is 16.9. The quantitative estimate of drug-likeness (QED) is 0.202. The third-order valence-corrected chi connectivity index (χ3v) is 7.32. The van der Waals surface area contributed by atoms with E-state index in [0.717, 1.165) is 31.5 Å². The summed E-state index contributed by atoms with van der Waals surface area (Å²) in [6, 6.07) is 19.0. The number of thioether (sulfide) groups is 1. The summed E-state index contributed by atoms with van der Waals surface area (Å²) in [5, 5.41) is 12.9. The summed E-state index contributed by atoms with van der Waals surface area (Å²) < 4.78 is 9.11. The lowest BCUT2D eigenvalue weighted by molar-refractivity contribution is -0.113. The lowest BCUT2D eigenvalue weighted by Crippen LogP contribution is -2.15. The predicted molar refractivity (Wildman–Crippen MR) is 149 cm³/mol. The number of carbonyl (C=O) groups is 1. The zero-order valence-corrected chi connectivity index (χ0v) is 23.6. The van der Waals surface area contributed by atoms with Crippen LogP contribution in [0.2, 0.25) is 5.02 Å². The van der Waals surface area contributed by atoms with E-state index in [4.69, 9.17) is 16.3 Å². The summed E-state index contributed by atoms with van der Waals surface area (Å²) in [4.78, 5) is 12.8. The van der Waals surface area contributed by atoms with E-state index in [1.807, 2.05) is 79.1 Å². The molecule has 0 aliphatic rings. The summed E-state index contributed by atoms with van der Waals surface area (Å²) in [7, 11) is 0. The van der Waals surface area contributed by atoms with Crippen LogP contribution in [0.25, 0.3) is 17.1 Å². The van der Waals surface area contributed by atoms with Gasteiger partial charge in [0.2, 0.25) is 5.91 Å². The van der Waals surface area contributed by atoms with Gasteiger partial charge in [-0.05, 0) is 99.8 Å². The van der Waals surface area contributed by atoms with Crippen molar-refractivity contribution in [2.45, 2.75) is 19.0 Å². The molecule has 3 aromatic carbocycles. The van der Waals surface area contributed by atoms with Gasteiger partial charge in [0, 0.05) is 25.2 Å². The molecule has 0 spiro atoms. The Hall–Kier alpha value is -2.33. The molecule has 0 bridgehead atoms. The molecule has 0 unspecified atom stereocenters. The zero-order valence-electron chi connectivity index (χ0n) is 18.9. The Labute approximate surface area is 229 Å². The Kier molecular flexibility index (Phi) is 8.54. The fraction of sp³-hybridized carbons (Fsp3) is 0.160. The van der Waals surface area contributed by atoms with Gasteiger partial charge >= 0.3 is 0 Å². The SMILES string of the molecule is CCOc1ccc(-n2c(SCC(=O)Nc3c(Br)cc(C)cc3Br)nnc2-c2cccc(Cl)c2)cc1. The van der Waals surface area contributed by atoms with Gasteiger partial charge in [-0.1, -0.05) is 35.5 Å². The molecule has 0 saturated heterocycles. The van der Waals surface area contributed by atoms with E-state index >= 15 is 0 Å². The molecule has 180 valence electrons. The maximum Gasteiger partial charge on any atom is 0.234 e. The van der Waals surface area contributed by atoms with Crippen molar-refractivity contribution in [1.29, 1.82) is 0 Å². The molecule has 0 atom stereocenters. The van der Waals surface area contributed by atoms with Crippen molar-refractivity contribution in [3.05, 3.63) is 80.2 Å². The van der Waals surface area contributed by atoms with Crippen LogP contribution in [0.4, 0.5) is 5.69 Å². The van der Waals surface area contributed by atoms with Crippen molar-refractivity contribution in [1.82, 2.24) is 14.8 Å². The number of carbonyl (C=O) groups excluding carboxylic acids is 1. The number of hydrogen-bond acceptors (Lipinski definition) is 5. The number of aryl methyl sites for hydroxylation is 1. The molecule has 1 N–H and O–H groups in total. The first kappa shape index (κ1) is 25.8. The minimum Gasteiger partial charge on any atom is -0.494 e. The van der Waals surface area contributed by atoms with Crippen LogP contribution in [0.15, 0.2) is 74.8 Å². The van der Waals surface area contributed by atoms with Gasteiger partial charge in [-0.3, -0.25) is 9.36 Å². The fourth-order valence-corrected chi connectivity index (χ4v) is 5.95. The number of amides is 1. The molecule has 0 saturated carbocycles. The molecule has 1 heterocycles. The molecule has 0 radical (unpaired) electrons. The number of anilines is 1. The van der Waals surface area contributed by atoms with Crippen molar-refractivity contribution >= 4 is 66.8 Å². The average Bonchev–Trinajstić information content (AvgIpc) is 3.25. The number of aromatic nitrogens is 3. The number of ether oxygens (including phenoxy) is 1. The van der Waals surface area contributed by atoms with Gasteiger partial charge < -0.3 is 10.1 Å². The maximum absolute atomic E-state index is 12.8. The molecule has 1 aromatic heterocycles. The monoisotopic (exact) mass is 634 g/mol. The van der Waals surface area contributed by atoms with Crippen LogP contribution in [0.3, 0.4) is 0 Å². The van der Waals surface area contributed by atoms with Crippen LogP contribution in [0.1, 0.15) is 12.5 Å². The van der Waals surface area contributed by atoms with Crippen molar-refractivity contribution < 1.29 is 9.53 Å². The van der Waals surface area contributed by atoms with E-state index in [2.05, 4.69) is 47.4 Å². The predicted octanol–water partition coefficient (Wildman–Crippen LogP) is 7.55. The zero-order chi connectivity index (χ0) is 24.9. The second-order valence-corrected chi connectivity index (χ2v) is 10.6. The van der Waals surface area contributed by atoms with Crippen molar-refractivity contribution in [2.75, 3.05) is 17.7 Å². The minimum absolute atomic E-state index is 0.150. The smallest absolute Gasteiger partial charge is 0.234 e. The third-order valence-electron chi connectivity index (χ3n) is 4.91. The first-order valence-corrected chi connectivity index (χ1v) is 13.6. The molecule has 35 heavy (non-hydrogen) atoms. The highest BCUT2D eigenvalue weighted by atomic mass is 79.9. The van der Waals surface area contributed by atoms with E-state index < -0.39 is 0 Å². The summed E-state index contributed by atoms with van der Waals surface area (Å²) >= 11 is 14.6. The van der Waals surface area contributed by atoms with E-state index in [0.29, 0.717) is 28.3 Å². The van der Waals surface area contributed by atoms with Crippen LogP contribution in [0.5, 0.6) is 5.75 Å². The standard InChI is InChI=1S/C25H21Br2ClN4O2S/c1-3-34-19-9-7-18(8-10-19)32-24(16-5-4-6-17(28)13-16)30-31-25(32)35-14-22(33)29-23-20(26)11-15(2)12-21(23)27/h4-13H,3,14H2,1-2H3,(H,29,33). The van der Waals surface area contributed by atoms with Crippen molar-refractivity contribution in [3.63, 3.8) is 0 Å². The second-order valence-electron chi connectivity index (χ2n) is 7.52. The Morgan fingerprint density at radius 2 is 1.80 bits per heavy atom.